The molecule has 1 aliphatic rings. The summed E-state index contributed by atoms with van der Waals surface area (Å²) in [6, 6.07) is 12.0. The molecule has 1 aliphatic heterocycles. The molecule has 0 atom stereocenters. The number of carbonyl (C=O) groups is 1. The molecule has 0 radical (unpaired) electrons. The summed E-state index contributed by atoms with van der Waals surface area (Å²) in [5, 5.41) is 0. The van der Waals surface area contributed by atoms with Gasteiger partial charge in [-0.25, -0.2) is 8.42 Å². The summed E-state index contributed by atoms with van der Waals surface area (Å²) in [5.74, 6) is 0.344. The highest BCUT2D eigenvalue weighted by molar-refractivity contribution is 7.92. The minimum Gasteiger partial charge on any atom is -0.495 e. The third-order valence-corrected chi connectivity index (χ3v) is 6.06. The van der Waals surface area contributed by atoms with E-state index in [0.29, 0.717) is 18.8 Å². The largest absolute Gasteiger partial charge is 0.495 e. The van der Waals surface area contributed by atoms with Gasteiger partial charge in [0.15, 0.2) is 0 Å². The van der Waals surface area contributed by atoms with Crippen molar-refractivity contribution in [2.45, 2.75) is 31.7 Å². The van der Waals surface area contributed by atoms with E-state index in [1.54, 1.807) is 24.3 Å². The van der Waals surface area contributed by atoms with Crippen LogP contribution in [0.5, 0.6) is 5.75 Å². The molecule has 0 bridgehead atoms. The number of para-hydroxylation sites is 1. The zero-order valence-electron chi connectivity index (χ0n) is 15.7. The zero-order chi connectivity index (χ0) is 19.6. The Morgan fingerprint density at radius 1 is 1.15 bits per heavy atom. The number of hydrogen-bond acceptors (Lipinski definition) is 4. The minimum atomic E-state index is -3.78. The fourth-order valence-electron chi connectivity index (χ4n) is 3.22. The maximum atomic E-state index is 12.8. The first kappa shape index (κ1) is 19.2. The maximum Gasteiger partial charge on any atom is 0.265 e. The average molecular weight is 388 g/mol. The van der Waals surface area contributed by atoms with E-state index in [1.807, 2.05) is 30.9 Å². The molecule has 0 aromatic heterocycles. The van der Waals surface area contributed by atoms with Crippen LogP contribution in [0.25, 0.3) is 0 Å². The third kappa shape index (κ3) is 4.08. The number of anilines is 1. The first-order valence-electron chi connectivity index (χ1n) is 8.88. The molecule has 0 spiro atoms. The predicted octanol–water partition coefficient (Wildman–Crippen LogP) is 3.04. The lowest BCUT2D eigenvalue weighted by Crippen LogP contribution is -2.38. The third-order valence-electron chi connectivity index (χ3n) is 4.63. The molecule has 1 amide bonds. The van der Waals surface area contributed by atoms with Gasteiger partial charge in [-0.15, -0.1) is 0 Å². The van der Waals surface area contributed by atoms with Crippen LogP contribution in [0.15, 0.2) is 47.4 Å². The van der Waals surface area contributed by atoms with Crippen molar-refractivity contribution in [3.63, 3.8) is 0 Å². The molecule has 1 heterocycles. The second kappa shape index (κ2) is 7.60. The lowest BCUT2D eigenvalue weighted by Gasteiger charge is -2.30. The molecular weight excluding hydrogens is 364 g/mol. The second-order valence-corrected chi connectivity index (χ2v) is 8.56. The van der Waals surface area contributed by atoms with E-state index in [0.717, 1.165) is 17.5 Å². The molecule has 7 heteroatoms. The smallest absolute Gasteiger partial charge is 0.265 e. The van der Waals surface area contributed by atoms with Gasteiger partial charge in [0.2, 0.25) is 5.91 Å². The van der Waals surface area contributed by atoms with Gasteiger partial charge in [0.1, 0.15) is 10.6 Å². The average Bonchev–Trinajstić information content (AvgIpc) is 2.66. The lowest BCUT2D eigenvalue weighted by molar-refractivity contribution is -0.135. The van der Waals surface area contributed by atoms with Crippen molar-refractivity contribution in [1.29, 1.82) is 0 Å². The number of amides is 1. The van der Waals surface area contributed by atoms with E-state index in [1.165, 1.54) is 13.2 Å². The SMILES string of the molecule is COc1ccccc1S(=O)(=O)Nc1ccc2c(c1)CN(C(=O)C(C)C)CC2. The quantitative estimate of drug-likeness (QED) is 0.854. The van der Waals surface area contributed by atoms with Gasteiger partial charge in [-0.1, -0.05) is 32.0 Å². The van der Waals surface area contributed by atoms with E-state index in [4.69, 9.17) is 4.74 Å². The molecular formula is C20H24N2O4S. The fourth-order valence-corrected chi connectivity index (χ4v) is 4.45. The summed E-state index contributed by atoms with van der Waals surface area (Å²) < 4.78 is 33.3. The Morgan fingerprint density at radius 3 is 2.59 bits per heavy atom. The number of rotatable bonds is 5. The van der Waals surface area contributed by atoms with E-state index >= 15 is 0 Å². The van der Waals surface area contributed by atoms with Gasteiger partial charge in [0.25, 0.3) is 10.0 Å². The van der Waals surface area contributed by atoms with Crippen LogP contribution in [0.1, 0.15) is 25.0 Å². The van der Waals surface area contributed by atoms with Gasteiger partial charge in [-0.05, 0) is 41.8 Å². The van der Waals surface area contributed by atoms with Crippen molar-refractivity contribution < 1.29 is 17.9 Å². The Bertz CT molecular complexity index is 954. The van der Waals surface area contributed by atoms with Crippen LogP contribution in [-0.2, 0) is 27.8 Å². The van der Waals surface area contributed by atoms with Gasteiger partial charge >= 0.3 is 0 Å². The molecule has 27 heavy (non-hydrogen) atoms. The molecule has 144 valence electrons. The molecule has 6 nitrogen and oxygen atoms in total. The van der Waals surface area contributed by atoms with Crippen LogP contribution in [-0.4, -0.2) is 32.9 Å². The minimum absolute atomic E-state index is 0.0567. The Morgan fingerprint density at radius 2 is 1.89 bits per heavy atom. The number of ether oxygens (including phenoxy) is 1. The Balaban J connectivity index is 1.85. The summed E-state index contributed by atoms with van der Waals surface area (Å²) in [5.41, 5.74) is 2.58. The van der Waals surface area contributed by atoms with E-state index < -0.39 is 10.0 Å². The van der Waals surface area contributed by atoms with Gasteiger partial charge in [-0.3, -0.25) is 9.52 Å². The topological polar surface area (TPSA) is 75.7 Å². The maximum absolute atomic E-state index is 12.8. The van der Waals surface area contributed by atoms with E-state index in [2.05, 4.69) is 4.72 Å². The van der Waals surface area contributed by atoms with Crippen LogP contribution in [0.4, 0.5) is 5.69 Å². The van der Waals surface area contributed by atoms with Crippen LogP contribution in [0.2, 0.25) is 0 Å². The molecule has 2 aromatic rings. The number of sulfonamides is 1. The summed E-state index contributed by atoms with van der Waals surface area (Å²) >= 11 is 0. The highest BCUT2D eigenvalue weighted by Gasteiger charge is 2.24. The number of benzene rings is 2. The standard InChI is InChI=1S/C20H24N2O4S/c1-14(2)20(23)22-11-10-15-8-9-17(12-16(15)13-22)21-27(24,25)19-7-5-4-6-18(19)26-3/h4-9,12,14,21H,10-11,13H2,1-3H3. The number of nitrogens with zero attached hydrogens (tertiary/aromatic N) is 1. The van der Waals surface area contributed by atoms with Crippen LogP contribution < -0.4 is 9.46 Å². The number of methoxy groups -OCH3 is 1. The van der Waals surface area contributed by atoms with Crippen LogP contribution in [0, 0.1) is 5.92 Å². The van der Waals surface area contributed by atoms with Gasteiger partial charge in [0, 0.05) is 24.7 Å². The van der Waals surface area contributed by atoms with Gasteiger partial charge < -0.3 is 9.64 Å². The first-order chi connectivity index (χ1) is 12.8. The molecule has 0 aliphatic carbocycles. The summed E-state index contributed by atoms with van der Waals surface area (Å²) in [7, 11) is -2.34. The fraction of sp³-hybridized carbons (Fsp3) is 0.350. The normalized spacial score (nSPS) is 14.0. The number of fused-ring (bicyclic) bond motifs is 1. The molecule has 1 N–H and O–H groups in total. The lowest BCUT2D eigenvalue weighted by atomic mass is 9.98. The Labute approximate surface area is 160 Å². The molecule has 0 unspecified atom stereocenters. The van der Waals surface area contributed by atoms with E-state index in [9.17, 15) is 13.2 Å². The van der Waals surface area contributed by atoms with Crippen molar-refractivity contribution in [3.8, 4) is 5.75 Å². The highest BCUT2D eigenvalue weighted by Crippen LogP contribution is 2.28. The number of hydrogen-bond donors (Lipinski definition) is 1. The zero-order valence-corrected chi connectivity index (χ0v) is 16.5. The van der Waals surface area contributed by atoms with Crippen molar-refractivity contribution in [2.75, 3.05) is 18.4 Å². The van der Waals surface area contributed by atoms with Crippen LogP contribution >= 0.6 is 0 Å². The van der Waals surface area contributed by atoms with Crippen LogP contribution in [0.3, 0.4) is 0 Å². The van der Waals surface area contributed by atoms with Gasteiger partial charge in [0.05, 0.1) is 7.11 Å². The molecule has 0 saturated carbocycles. The van der Waals surface area contributed by atoms with Crippen molar-refractivity contribution in [3.05, 3.63) is 53.6 Å². The summed E-state index contributed by atoms with van der Waals surface area (Å²) in [6.45, 7) is 4.96. The molecule has 0 saturated heterocycles. The van der Waals surface area contributed by atoms with Gasteiger partial charge in [-0.2, -0.15) is 0 Å². The molecule has 2 aromatic carbocycles. The Kier molecular flexibility index (Phi) is 5.41. The Hall–Kier alpha value is -2.54. The first-order valence-corrected chi connectivity index (χ1v) is 10.4. The second-order valence-electron chi connectivity index (χ2n) is 6.90. The highest BCUT2D eigenvalue weighted by atomic mass is 32.2. The van der Waals surface area contributed by atoms with Crippen molar-refractivity contribution in [1.82, 2.24) is 4.90 Å². The van der Waals surface area contributed by atoms with Crippen molar-refractivity contribution in [2.24, 2.45) is 5.92 Å². The summed E-state index contributed by atoms with van der Waals surface area (Å²) in [6.07, 6.45) is 0.771. The molecule has 0 fully saturated rings. The monoisotopic (exact) mass is 388 g/mol. The number of carbonyl (C=O) groups excluding carboxylic acids is 1. The molecule has 3 rings (SSSR count). The summed E-state index contributed by atoms with van der Waals surface area (Å²) in [4.78, 5) is 14.2. The predicted molar refractivity (Wildman–Crippen MR) is 104 cm³/mol. The number of nitrogens with one attached hydrogen (secondary N) is 1. The van der Waals surface area contributed by atoms with E-state index in [-0.39, 0.29) is 22.5 Å². The van der Waals surface area contributed by atoms with Crippen molar-refractivity contribution >= 4 is 21.6 Å².